The molecule has 0 spiro atoms. The fourth-order valence-corrected chi connectivity index (χ4v) is 4.65. The number of carbonyl (C=O) groups excluding carboxylic acids is 1. The van der Waals surface area contributed by atoms with E-state index in [1.54, 1.807) is 6.26 Å². The number of hydrogen-bond donors (Lipinski definition) is 0. The fourth-order valence-electron chi connectivity index (χ4n) is 3.82. The number of piperidine rings is 1. The van der Waals surface area contributed by atoms with Crippen LogP contribution in [0, 0.1) is 0 Å². The maximum atomic E-state index is 12.7. The highest BCUT2D eigenvalue weighted by Gasteiger charge is 2.26. The van der Waals surface area contributed by atoms with E-state index < -0.39 is 0 Å². The minimum atomic E-state index is 0.159. The Bertz CT molecular complexity index is 755. The first kappa shape index (κ1) is 18.6. The van der Waals surface area contributed by atoms with Crippen molar-refractivity contribution in [1.82, 2.24) is 19.7 Å². The summed E-state index contributed by atoms with van der Waals surface area (Å²) in [5.74, 6) is 1.94. The molecule has 2 aromatic rings. The zero-order valence-corrected chi connectivity index (χ0v) is 16.5. The second kappa shape index (κ2) is 8.48. The van der Waals surface area contributed by atoms with Crippen LogP contribution >= 0.6 is 11.8 Å². The maximum Gasteiger partial charge on any atom is 0.233 e. The van der Waals surface area contributed by atoms with Crippen LogP contribution in [0.2, 0.25) is 0 Å². The van der Waals surface area contributed by atoms with Crippen LogP contribution in [-0.4, -0.2) is 56.6 Å². The number of aromatic nitrogens is 3. The van der Waals surface area contributed by atoms with Crippen molar-refractivity contribution >= 4 is 17.7 Å². The molecule has 0 aromatic carbocycles. The highest BCUT2D eigenvalue weighted by Crippen LogP contribution is 2.27. The van der Waals surface area contributed by atoms with Crippen molar-refractivity contribution in [3.05, 3.63) is 18.4 Å². The lowest BCUT2D eigenvalue weighted by Gasteiger charge is -2.33. The van der Waals surface area contributed by atoms with Crippen LogP contribution in [-0.2, 0) is 16.1 Å². The van der Waals surface area contributed by atoms with Gasteiger partial charge in [0.2, 0.25) is 11.7 Å². The number of ether oxygens (including phenoxy) is 1. The maximum absolute atomic E-state index is 12.7. The number of amides is 1. The summed E-state index contributed by atoms with van der Waals surface area (Å²) in [6.45, 7) is 4.48. The molecule has 2 fully saturated rings. The highest BCUT2D eigenvalue weighted by atomic mass is 32.2. The average Bonchev–Trinajstić information content (AvgIpc) is 3.43. The average molecular weight is 391 g/mol. The second-order valence-corrected chi connectivity index (χ2v) is 8.19. The predicted octanol–water partition coefficient (Wildman–Crippen LogP) is 3.21. The van der Waals surface area contributed by atoms with Gasteiger partial charge in [0.05, 0.1) is 24.7 Å². The van der Waals surface area contributed by atoms with E-state index in [1.165, 1.54) is 18.2 Å². The first-order chi connectivity index (χ1) is 13.2. The molecular weight excluding hydrogens is 364 g/mol. The molecule has 2 aromatic heterocycles. The van der Waals surface area contributed by atoms with E-state index in [-0.39, 0.29) is 12.0 Å². The van der Waals surface area contributed by atoms with Gasteiger partial charge in [0, 0.05) is 19.2 Å². The summed E-state index contributed by atoms with van der Waals surface area (Å²) in [6, 6.07) is 4.05. The van der Waals surface area contributed by atoms with Crippen molar-refractivity contribution < 1.29 is 13.9 Å². The van der Waals surface area contributed by atoms with Crippen LogP contribution in [0.1, 0.15) is 39.0 Å². The topological polar surface area (TPSA) is 73.4 Å². The molecule has 0 aliphatic carbocycles. The molecule has 2 atom stereocenters. The zero-order valence-electron chi connectivity index (χ0n) is 15.7. The van der Waals surface area contributed by atoms with Gasteiger partial charge < -0.3 is 14.1 Å². The summed E-state index contributed by atoms with van der Waals surface area (Å²) in [4.78, 5) is 14.7. The minimum absolute atomic E-state index is 0.159. The molecule has 0 radical (unpaired) electrons. The molecule has 0 unspecified atom stereocenters. The Morgan fingerprint density at radius 2 is 2.22 bits per heavy atom. The van der Waals surface area contributed by atoms with Gasteiger partial charge in [-0.15, -0.1) is 10.2 Å². The van der Waals surface area contributed by atoms with Crippen molar-refractivity contribution in [3.63, 3.8) is 0 Å². The Morgan fingerprint density at radius 1 is 1.30 bits per heavy atom. The first-order valence-electron chi connectivity index (χ1n) is 9.73. The quantitative estimate of drug-likeness (QED) is 0.705. The van der Waals surface area contributed by atoms with E-state index in [2.05, 4.69) is 17.1 Å². The number of likely N-dealkylation sites (tertiary alicyclic amines) is 1. The summed E-state index contributed by atoms with van der Waals surface area (Å²) < 4.78 is 13.4. The van der Waals surface area contributed by atoms with Crippen LogP contribution in [0.25, 0.3) is 11.6 Å². The van der Waals surface area contributed by atoms with Gasteiger partial charge in [-0.3, -0.25) is 9.36 Å². The Labute approximate surface area is 163 Å². The van der Waals surface area contributed by atoms with Crippen LogP contribution in [0.5, 0.6) is 0 Å². The molecule has 146 valence electrons. The third-order valence-electron chi connectivity index (χ3n) is 5.32. The zero-order chi connectivity index (χ0) is 18.6. The smallest absolute Gasteiger partial charge is 0.233 e. The molecule has 4 rings (SSSR count). The largest absolute Gasteiger partial charge is 0.461 e. The second-order valence-electron chi connectivity index (χ2n) is 7.25. The van der Waals surface area contributed by atoms with Crippen molar-refractivity contribution in [2.75, 3.05) is 18.9 Å². The standard InChI is InChI=1S/C19H26N4O3S/c1-14-6-2-3-9-22(14)17(24)13-27-19-21-20-18(16-8-5-11-26-16)23(19)12-15-7-4-10-25-15/h5,8,11,14-15H,2-4,6-7,9-10,12-13H2,1H3/t14-,15-/m0/s1. The van der Waals surface area contributed by atoms with Gasteiger partial charge in [-0.2, -0.15) is 0 Å². The van der Waals surface area contributed by atoms with E-state index >= 15 is 0 Å². The lowest BCUT2D eigenvalue weighted by Crippen LogP contribution is -2.43. The van der Waals surface area contributed by atoms with E-state index in [0.29, 0.717) is 29.9 Å². The van der Waals surface area contributed by atoms with E-state index in [9.17, 15) is 4.79 Å². The lowest BCUT2D eigenvalue weighted by atomic mass is 10.0. The minimum Gasteiger partial charge on any atom is -0.461 e. The van der Waals surface area contributed by atoms with Gasteiger partial charge in [-0.05, 0) is 51.2 Å². The van der Waals surface area contributed by atoms with Gasteiger partial charge in [0.1, 0.15) is 0 Å². The van der Waals surface area contributed by atoms with Crippen molar-refractivity contribution in [2.24, 2.45) is 0 Å². The molecule has 4 heterocycles. The third-order valence-corrected chi connectivity index (χ3v) is 6.27. The Morgan fingerprint density at radius 3 is 2.96 bits per heavy atom. The van der Waals surface area contributed by atoms with Crippen LogP contribution in [0.3, 0.4) is 0 Å². The van der Waals surface area contributed by atoms with Gasteiger partial charge in [-0.25, -0.2) is 0 Å². The summed E-state index contributed by atoms with van der Waals surface area (Å²) >= 11 is 1.45. The Hall–Kier alpha value is -1.80. The number of furan rings is 1. The molecule has 1 amide bonds. The molecule has 2 aliphatic heterocycles. The molecule has 8 heteroatoms. The summed E-state index contributed by atoms with van der Waals surface area (Å²) in [6.07, 6.45) is 7.30. The van der Waals surface area contributed by atoms with E-state index in [0.717, 1.165) is 44.0 Å². The van der Waals surface area contributed by atoms with Crippen molar-refractivity contribution in [2.45, 2.75) is 62.9 Å². The monoisotopic (exact) mass is 390 g/mol. The molecule has 7 nitrogen and oxygen atoms in total. The molecular formula is C19H26N4O3S. The van der Waals surface area contributed by atoms with Crippen LogP contribution in [0.4, 0.5) is 0 Å². The van der Waals surface area contributed by atoms with Crippen LogP contribution in [0.15, 0.2) is 28.0 Å². The summed E-state index contributed by atoms with van der Waals surface area (Å²) in [5.41, 5.74) is 0. The Balaban J connectivity index is 1.48. The van der Waals surface area contributed by atoms with Crippen molar-refractivity contribution in [1.29, 1.82) is 0 Å². The highest BCUT2D eigenvalue weighted by molar-refractivity contribution is 7.99. The number of thioether (sulfide) groups is 1. The predicted molar refractivity (Wildman–Crippen MR) is 102 cm³/mol. The third kappa shape index (κ3) is 4.21. The molecule has 27 heavy (non-hydrogen) atoms. The van der Waals surface area contributed by atoms with Crippen molar-refractivity contribution in [3.8, 4) is 11.6 Å². The molecule has 2 saturated heterocycles. The van der Waals surface area contributed by atoms with Gasteiger partial charge in [0.15, 0.2) is 10.9 Å². The van der Waals surface area contributed by atoms with E-state index in [4.69, 9.17) is 9.15 Å². The fraction of sp³-hybridized carbons (Fsp3) is 0.632. The molecule has 0 saturated carbocycles. The molecule has 2 aliphatic rings. The number of carbonyl (C=O) groups is 1. The lowest BCUT2D eigenvalue weighted by molar-refractivity contribution is -0.131. The van der Waals surface area contributed by atoms with Gasteiger partial charge in [0.25, 0.3) is 0 Å². The van der Waals surface area contributed by atoms with E-state index in [1.807, 2.05) is 21.6 Å². The SMILES string of the molecule is C[C@H]1CCCCN1C(=O)CSc1nnc(-c2ccco2)n1C[C@@H]1CCCO1. The van der Waals surface area contributed by atoms with Crippen LogP contribution < -0.4 is 0 Å². The first-order valence-corrected chi connectivity index (χ1v) is 10.7. The van der Waals surface area contributed by atoms with Gasteiger partial charge >= 0.3 is 0 Å². The molecule has 0 bridgehead atoms. The molecule has 0 N–H and O–H groups in total. The number of rotatable bonds is 6. The van der Waals surface area contributed by atoms with Gasteiger partial charge in [-0.1, -0.05) is 11.8 Å². The normalized spacial score (nSPS) is 23.1. The Kier molecular flexibility index (Phi) is 5.83. The summed E-state index contributed by atoms with van der Waals surface area (Å²) in [7, 11) is 0. The number of nitrogens with zero attached hydrogens (tertiary/aromatic N) is 4. The summed E-state index contributed by atoms with van der Waals surface area (Å²) in [5, 5.41) is 9.41. The number of hydrogen-bond acceptors (Lipinski definition) is 6.